The number of likely N-dealkylation sites (tertiary alicyclic amines) is 1. The van der Waals surface area contributed by atoms with E-state index in [2.05, 4.69) is 22.3 Å². The molecule has 0 saturated carbocycles. The number of methoxy groups -OCH3 is 1. The van der Waals surface area contributed by atoms with E-state index in [1.807, 2.05) is 18.2 Å². The zero-order valence-corrected chi connectivity index (χ0v) is 22.5. The van der Waals surface area contributed by atoms with Gasteiger partial charge in [-0.1, -0.05) is 42.5 Å². The number of rotatable bonds is 7. The maximum Gasteiger partial charge on any atom is 0.337 e. The van der Waals surface area contributed by atoms with Crippen molar-refractivity contribution in [3.05, 3.63) is 98.4 Å². The van der Waals surface area contributed by atoms with Crippen LogP contribution in [-0.2, 0) is 25.6 Å². The molecular formula is C28H32ClN3O6. The lowest BCUT2D eigenvalue weighted by atomic mass is 9.80. The Labute approximate surface area is 228 Å². The predicted octanol–water partition coefficient (Wildman–Crippen LogP) is 4.63. The van der Waals surface area contributed by atoms with Crippen LogP contribution in [0.5, 0.6) is 0 Å². The normalized spacial score (nSPS) is 19.8. The van der Waals surface area contributed by atoms with E-state index in [9.17, 15) is 19.7 Å². The molecule has 2 aromatic carbocycles. The van der Waals surface area contributed by atoms with Crippen LogP contribution in [-0.4, -0.2) is 48.1 Å². The zero-order valence-electron chi connectivity index (χ0n) is 21.6. The first-order valence-electron chi connectivity index (χ1n) is 12.3. The first-order chi connectivity index (χ1) is 17.8. The van der Waals surface area contributed by atoms with Crippen LogP contribution < -0.4 is 5.32 Å². The number of benzene rings is 2. The molecule has 0 amide bonds. The van der Waals surface area contributed by atoms with Crippen molar-refractivity contribution in [3.8, 4) is 0 Å². The summed E-state index contributed by atoms with van der Waals surface area (Å²) in [5.74, 6) is -2.04. The van der Waals surface area contributed by atoms with Crippen molar-refractivity contribution in [3.63, 3.8) is 0 Å². The van der Waals surface area contributed by atoms with Crippen molar-refractivity contribution >= 4 is 30.0 Å². The van der Waals surface area contributed by atoms with Gasteiger partial charge in [0.05, 0.1) is 29.1 Å². The monoisotopic (exact) mass is 541 g/mol. The molecule has 0 spiro atoms. The van der Waals surface area contributed by atoms with Gasteiger partial charge in [-0.2, -0.15) is 0 Å². The minimum Gasteiger partial charge on any atom is -0.466 e. The highest BCUT2D eigenvalue weighted by atomic mass is 35.5. The van der Waals surface area contributed by atoms with Gasteiger partial charge in [0.2, 0.25) is 0 Å². The summed E-state index contributed by atoms with van der Waals surface area (Å²) in [5, 5.41) is 14.6. The molecule has 2 atom stereocenters. The van der Waals surface area contributed by atoms with Gasteiger partial charge in [0.15, 0.2) is 0 Å². The van der Waals surface area contributed by atoms with Gasteiger partial charge in [-0.05, 0) is 44.4 Å². The van der Waals surface area contributed by atoms with Crippen LogP contribution in [0.1, 0.15) is 43.7 Å². The van der Waals surface area contributed by atoms with Crippen molar-refractivity contribution in [1.82, 2.24) is 10.2 Å². The van der Waals surface area contributed by atoms with Crippen molar-refractivity contribution < 1.29 is 24.0 Å². The minimum absolute atomic E-state index is 0. The van der Waals surface area contributed by atoms with E-state index in [4.69, 9.17) is 9.47 Å². The first kappa shape index (κ1) is 28.9. The summed E-state index contributed by atoms with van der Waals surface area (Å²) in [6.45, 7) is 5.73. The van der Waals surface area contributed by atoms with Crippen LogP contribution in [0.2, 0.25) is 0 Å². The third kappa shape index (κ3) is 6.41. The molecule has 0 radical (unpaired) electrons. The molecule has 10 heteroatoms. The van der Waals surface area contributed by atoms with Crippen molar-refractivity contribution in [2.45, 2.75) is 45.3 Å². The number of piperidine rings is 1. The summed E-state index contributed by atoms with van der Waals surface area (Å²) in [7, 11) is 1.26. The van der Waals surface area contributed by atoms with Crippen LogP contribution in [0.15, 0.2) is 77.1 Å². The number of non-ortho nitro benzene ring substituents is 1. The Bertz CT molecular complexity index is 1260. The van der Waals surface area contributed by atoms with E-state index in [0.717, 1.165) is 25.9 Å². The zero-order chi connectivity index (χ0) is 26.5. The van der Waals surface area contributed by atoms with Gasteiger partial charge >= 0.3 is 11.9 Å². The molecule has 1 N–H and O–H groups in total. The third-order valence-electron chi connectivity index (χ3n) is 6.78. The topological polar surface area (TPSA) is 111 Å². The second kappa shape index (κ2) is 12.7. The predicted molar refractivity (Wildman–Crippen MR) is 144 cm³/mol. The van der Waals surface area contributed by atoms with Gasteiger partial charge in [-0.25, -0.2) is 9.59 Å². The first-order valence-corrected chi connectivity index (χ1v) is 12.3. The van der Waals surface area contributed by atoms with Crippen LogP contribution in [0.3, 0.4) is 0 Å². The molecule has 2 aliphatic rings. The molecule has 38 heavy (non-hydrogen) atoms. The summed E-state index contributed by atoms with van der Waals surface area (Å²) >= 11 is 0. The Balaban J connectivity index is 0.00000400. The second-order valence-corrected chi connectivity index (χ2v) is 9.37. The average Bonchev–Trinajstić information content (AvgIpc) is 2.88. The van der Waals surface area contributed by atoms with Gasteiger partial charge in [0, 0.05) is 36.6 Å². The third-order valence-corrected chi connectivity index (χ3v) is 6.78. The Morgan fingerprint density at radius 1 is 1.05 bits per heavy atom. The van der Waals surface area contributed by atoms with Gasteiger partial charge in [-0.3, -0.25) is 15.0 Å². The summed E-state index contributed by atoms with van der Waals surface area (Å²) < 4.78 is 11.0. The quantitative estimate of drug-likeness (QED) is 0.307. The number of esters is 2. The molecule has 1 fully saturated rings. The van der Waals surface area contributed by atoms with Crippen LogP contribution in [0.25, 0.3) is 0 Å². The number of dihydropyridines is 1. The summed E-state index contributed by atoms with van der Waals surface area (Å²) in [6.07, 6.45) is 1.31. The maximum absolute atomic E-state index is 13.7. The summed E-state index contributed by atoms with van der Waals surface area (Å²) in [4.78, 5) is 39.7. The van der Waals surface area contributed by atoms with Gasteiger partial charge < -0.3 is 14.8 Å². The molecule has 202 valence electrons. The van der Waals surface area contributed by atoms with E-state index in [1.54, 1.807) is 26.0 Å². The fourth-order valence-electron chi connectivity index (χ4n) is 5.11. The molecule has 2 heterocycles. The number of carbonyl (C=O) groups is 2. The average molecular weight is 542 g/mol. The number of hydrogen-bond donors (Lipinski definition) is 1. The second-order valence-electron chi connectivity index (χ2n) is 9.37. The molecule has 0 unspecified atom stereocenters. The van der Waals surface area contributed by atoms with Crippen LogP contribution in [0, 0.1) is 10.1 Å². The smallest absolute Gasteiger partial charge is 0.337 e. The highest BCUT2D eigenvalue weighted by Crippen LogP contribution is 2.40. The van der Waals surface area contributed by atoms with Gasteiger partial charge in [-0.15, -0.1) is 12.4 Å². The van der Waals surface area contributed by atoms with E-state index < -0.39 is 22.8 Å². The Morgan fingerprint density at radius 3 is 2.39 bits per heavy atom. The molecule has 1 saturated heterocycles. The molecule has 0 aliphatic carbocycles. The number of hydrogen-bond acceptors (Lipinski definition) is 8. The lowest BCUT2D eigenvalue weighted by molar-refractivity contribution is -0.384. The van der Waals surface area contributed by atoms with E-state index in [1.165, 1.54) is 24.8 Å². The largest absolute Gasteiger partial charge is 0.466 e. The van der Waals surface area contributed by atoms with Gasteiger partial charge in [0.25, 0.3) is 5.69 Å². The molecule has 9 nitrogen and oxygen atoms in total. The Hall–Kier alpha value is -3.69. The van der Waals surface area contributed by atoms with Crippen molar-refractivity contribution in [1.29, 1.82) is 0 Å². The van der Waals surface area contributed by atoms with Crippen molar-refractivity contribution in [2.24, 2.45) is 0 Å². The van der Waals surface area contributed by atoms with E-state index in [0.29, 0.717) is 23.5 Å². The molecule has 2 aromatic rings. The lowest BCUT2D eigenvalue weighted by Gasteiger charge is -2.34. The number of nitrogens with one attached hydrogen (secondary N) is 1. The standard InChI is InChI=1S/C28H31N3O6.ClH/c1-18-24(27(32)36-3)26(21-11-7-12-22(15-21)31(34)35)25(19(2)29-18)28(33)37-23-13-8-14-30(17-23)16-20-9-5-4-6-10-20;/h4-7,9-12,15,23,26,29H,8,13-14,16-17H2,1-3H3;1H/t23-,26+;/m0./s1. The number of halogens is 1. The fraction of sp³-hybridized carbons (Fsp3) is 0.357. The summed E-state index contributed by atoms with van der Waals surface area (Å²) in [5.41, 5.74) is 3.01. The number of carbonyl (C=O) groups excluding carboxylic acids is 2. The van der Waals surface area contributed by atoms with Crippen LogP contribution in [0.4, 0.5) is 5.69 Å². The number of nitro benzene ring substituents is 1. The van der Waals surface area contributed by atoms with Gasteiger partial charge in [0.1, 0.15) is 6.10 Å². The SMILES string of the molecule is COC(=O)C1=C(C)NC(C)=C(C(=O)O[C@H]2CCCN(Cc3ccccc3)C2)[C@@H]1c1cccc([N+](=O)[O-])c1.Cl. The number of nitro groups is 1. The number of allylic oxidation sites excluding steroid dienone is 2. The highest BCUT2D eigenvalue weighted by Gasteiger charge is 2.39. The Kier molecular flexibility index (Phi) is 9.66. The minimum atomic E-state index is -0.870. The Morgan fingerprint density at radius 2 is 1.74 bits per heavy atom. The molecular weight excluding hydrogens is 510 g/mol. The van der Waals surface area contributed by atoms with Crippen LogP contribution >= 0.6 is 12.4 Å². The molecule has 0 aromatic heterocycles. The van der Waals surface area contributed by atoms with E-state index >= 15 is 0 Å². The number of ether oxygens (including phenoxy) is 2. The van der Waals surface area contributed by atoms with E-state index in [-0.39, 0.29) is 35.3 Å². The highest BCUT2D eigenvalue weighted by molar-refractivity contribution is 6.00. The summed E-state index contributed by atoms with van der Waals surface area (Å²) in [6, 6.07) is 16.1. The molecule has 0 bridgehead atoms. The molecule has 4 rings (SSSR count). The van der Waals surface area contributed by atoms with Crippen molar-refractivity contribution in [2.75, 3.05) is 20.2 Å². The fourth-order valence-corrected chi connectivity index (χ4v) is 5.11. The number of nitrogens with zero attached hydrogens (tertiary/aromatic N) is 2. The molecule has 2 aliphatic heterocycles. The lowest BCUT2D eigenvalue weighted by Crippen LogP contribution is -2.41. The maximum atomic E-state index is 13.7.